The average Bonchev–Trinajstić information content (AvgIpc) is 3.60. The molecule has 1 fully saturated rings. The maximum Gasteiger partial charge on any atom is 0.309 e. The zero-order valence-electron chi connectivity index (χ0n) is 23.5. The van der Waals surface area contributed by atoms with Crippen LogP contribution >= 0.6 is 11.3 Å². The van der Waals surface area contributed by atoms with E-state index >= 15 is 0 Å². The van der Waals surface area contributed by atoms with Gasteiger partial charge in [0.2, 0.25) is 0 Å². The second-order valence-corrected chi connectivity index (χ2v) is 13.8. The maximum absolute atomic E-state index is 14.8. The number of aromatic nitrogens is 1. The molecule has 218 valence electrons. The zero-order chi connectivity index (χ0) is 30.5. The molecule has 43 heavy (non-hydrogen) atoms. The maximum atomic E-state index is 14.8. The fourth-order valence-corrected chi connectivity index (χ4v) is 7.99. The number of piperidine rings is 1. The largest absolute Gasteiger partial charge is 0.481 e. The van der Waals surface area contributed by atoms with Crippen molar-refractivity contribution in [2.24, 2.45) is 5.41 Å². The molecule has 1 N–H and O–H groups in total. The van der Waals surface area contributed by atoms with Gasteiger partial charge in [-0.25, -0.2) is 16.8 Å². The highest BCUT2D eigenvalue weighted by Gasteiger charge is 2.37. The predicted octanol–water partition coefficient (Wildman–Crippen LogP) is 7.28. The van der Waals surface area contributed by atoms with E-state index in [0.29, 0.717) is 64.1 Å². The number of benzene rings is 3. The third kappa shape index (κ3) is 4.88. The normalized spacial score (nSPS) is 15.0. The molecule has 0 saturated carbocycles. The van der Waals surface area contributed by atoms with E-state index in [-0.39, 0.29) is 4.90 Å². The van der Waals surface area contributed by atoms with Crippen LogP contribution in [-0.4, -0.2) is 36.6 Å². The molecule has 3 heterocycles. The standard InChI is InChI=1S/C33H28FN3O4S2/c1-21-6-9-25(10-7-21)43(40,41)37-28-11-8-23(34)19-27(28)30(26-12-17-42-29(26)20-35)31(37)22-4-3-5-24(18-22)36-15-13-33(2,14-16-36)32(38)39/h3-12,17-19H,13-16H2,1-2H3,(H,38,39). The summed E-state index contributed by atoms with van der Waals surface area (Å²) in [5.41, 5.74) is 3.09. The molecule has 1 aliphatic rings. The van der Waals surface area contributed by atoms with E-state index in [0.717, 1.165) is 11.3 Å². The van der Waals surface area contributed by atoms with Crippen molar-refractivity contribution < 1.29 is 22.7 Å². The van der Waals surface area contributed by atoms with E-state index in [2.05, 4.69) is 11.0 Å². The second-order valence-electron chi connectivity index (χ2n) is 11.1. The second kappa shape index (κ2) is 10.7. The van der Waals surface area contributed by atoms with Crippen LogP contribution < -0.4 is 4.90 Å². The van der Waals surface area contributed by atoms with Gasteiger partial charge in [-0.1, -0.05) is 29.8 Å². The third-order valence-corrected chi connectivity index (χ3v) is 10.9. The van der Waals surface area contributed by atoms with Gasteiger partial charge in [-0.3, -0.25) is 4.79 Å². The Morgan fingerprint density at radius 3 is 2.44 bits per heavy atom. The summed E-state index contributed by atoms with van der Waals surface area (Å²) in [5, 5.41) is 21.8. The number of rotatable bonds is 6. The Morgan fingerprint density at radius 2 is 1.77 bits per heavy atom. The molecule has 0 spiro atoms. The number of carboxylic acid groups (broad SMARTS) is 1. The first kappa shape index (κ1) is 28.6. The van der Waals surface area contributed by atoms with Gasteiger partial charge in [0.05, 0.1) is 21.5 Å². The Morgan fingerprint density at radius 1 is 1.05 bits per heavy atom. The van der Waals surface area contributed by atoms with Gasteiger partial charge >= 0.3 is 5.97 Å². The molecule has 0 amide bonds. The van der Waals surface area contributed by atoms with Gasteiger partial charge in [-0.15, -0.1) is 11.3 Å². The molecule has 1 saturated heterocycles. The molecule has 6 rings (SSSR count). The van der Waals surface area contributed by atoms with Crippen LogP contribution in [0.15, 0.2) is 83.1 Å². The molecule has 0 unspecified atom stereocenters. The van der Waals surface area contributed by atoms with E-state index in [1.54, 1.807) is 42.6 Å². The number of thiophene rings is 1. The van der Waals surface area contributed by atoms with Crippen molar-refractivity contribution in [2.45, 2.75) is 31.6 Å². The molecule has 3 aromatic carbocycles. The Balaban J connectivity index is 1.63. The lowest BCUT2D eigenvalue weighted by atomic mass is 9.80. The molecule has 2 aromatic heterocycles. The van der Waals surface area contributed by atoms with Gasteiger partial charge < -0.3 is 10.0 Å². The first-order valence-electron chi connectivity index (χ1n) is 13.8. The Hall–Kier alpha value is -4.46. The number of fused-ring (bicyclic) bond motifs is 1. The number of aliphatic carboxylic acids is 1. The predicted molar refractivity (Wildman–Crippen MR) is 166 cm³/mol. The van der Waals surface area contributed by atoms with E-state index < -0.39 is 27.2 Å². The summed E-state index contributed by atoms with van der Waals surface area (Å²) in [6, 6.07) is 22.0. The number of hydrogen-bond acceptors (Lipinski definition) is 6. The lowest BCUT2D eigenvalue weighted by Crippen LogP contribution is -2.42. The Bertz CT molecular complexity index is 2030. The monoisotopic (exact) mass is 613 g/mol. The minimum Gasteiger partial charge on any atom is -0.481 e. The molecule has 5 aromatic rings. The molecule has 0 bridgehead atoms. The van der Waals surface area contributed by atoms with Crippen LogP contribution in [0.1, 0.15) is 30.2 Å². The molecular formula is C33H28FN3O4S2. The van der Waals surface area contributed by atoms with Crippen LogP contribution in [0.25, 0.3) is 33.3 Å². The number of carbonyl (C=O) groups is 1. The number of aryl methyl sites for hydroxylation is 1. The highest BCUT2D eigenvalue weighted by atomic mass is 32.2. The van der Waals surface area contributed by atoms with Crippen molar-refractivity contribution in [1.82, 2.24) is 3.97 Å². The SMILES string of the molecule is Cc1ccc(S(=O)(=O)n2c(-c3cccc(N4CCC(C)(C(=O)O)CC4)c3)c(-c3ccsc3C#N)c3cc(F)ccc32)cc1. The van der Waals surface area contributed by atoms with Crippen molar-refractivity contribution in [3.8, 4) is 28.5 Å². The van der Waals surface area contributed by atoms with Crippen molar-refractivity contribution in [1.29, 1.82) is 5.26 Å². The van der Waals surface area contributed by atoms with Crippen LogP contribution in [0.2, 0.25) is 0 Å². The van der Waals surface area contributed by atoms with Crippen molar-refractivity contribution in [3.05, 3.63) is 94.4 Å². The quantitative estimate of drug-likeness (QED) is 0.216. The van der Waals surface area contributed by atoms with Crippen LogP contribution in [0.4, 0.5) is 10.1 Å². The third-order valence-electron chi connectivity index (χ3n) is 8.35. The molecular weight excluding hydrogens is 586 g/mol. The Kier molecular flexibility index (Phi) is 7.11. The summed E-state index contributed by atoms with van der Waals surface area (Å²) < 4.78 is 44.9. The summed E-state index contributed by atoms with van der Waals surface area (Å²) in [6.45, 7) is 4.69. The number of halogens is 1. The first-order chi connectivity index (χ1) is 20.5. The minimum atomic E-state index is -4.19. The average molecular weight is 614 g/mol. The van der Waals surface area contributed by atoms with E-state index in [1.165, 1.54) is 33.5 Å². The molecule has 10 heteroatoms. The van der Waals surface area contributed by atoms with Crippen LogP contribution in [-0.2, 0) is 14.8 Å². The van der Waals surface area contributed by atoms with Crippen LogP contribution in [0.3, 0.4) is 0 Å². The zero-order valence-corrected chi connectivity index (χ0v) is 25.2. The van der Waals surface area contributed by atoms with Gasteiger partial charge in [-0.2, -0.15) is 5.26 Å². The molecule has 7 nitrogen and oxygen atoms in total. The molecule has 0 atom stereocenters. The van der Waals surface area contributed by atoms with E-state index in [9.17, 15) is 28.0 Å². The van der Waals surface area contributed by atoms with Gasteiger partial charge in [0.1, 0.15) is 16.8 Å². The van der Waals surface area contributed by atoms with Gasteiger partial charge in [0.25, 0.3) is 10.0 Å². The summed E-state index contributed by atoms with van der Waals surface area (Å²) in [6.07, 6.45) is 0.944. The van der Waals surface area contributed by atoms with Crippen LogP contribution in [0, 0.1) is 29.5 Å². The van der Waals surface area contributed by atoms with Crippen molar-refractivity contribution >= 4 is 43.9 Å². The summed E-state index contributed by atoms with van der Waals surface area (Å²) >= 11 is 1.23. The number of carboxylic acids is 1. The number of nitriles is 1. The molecule has 1 aliphatic heterocycles. The van der Waals surface area contributed by atoms with Gasteiger partial charge in [-0.05, 0) is 80.6 Å². The van der Waals surface area contributed by atoms with E-state index in [4.69, 9.17) is 0 Å². The number of anilines is 1. The van der Waals surface area contributed by atoms with Crippen LogP contribution in [0.5, 0.6) is 0 Å². The summed E-state index contributed by atoms with van der Waals surface area (Å²) in [5.74, 6) is -1.34. The number of nitrogens with zero attached hydrogens (tertiary/aromatic N) is 3. The Labute approximate surface area is 253 Å². The topological polar surface area (TPSA) is 103 Å². The minimum absolute atomic E-state index is 0.0816. The molecule has 0 radical (unpaired) electrons. The lowest BCUT2D eigenvalue weighted by Gasteiger charge is -2.37. The van der Waals surface area contributed by atoms with Gasteiger partial charge in [0, 0.05) is 40.9 Å². The first-order valence-corrected chi connectivity index (χ1v) is 16.1. The fourth-order valence-electron chi connectivity index (χ4n) is 5.75. The highest BCUT2D eigenvalue weighted by Crippen LogP contribution is 2.46. The van der Waals surface area contributed by atoms with E-state index in [1.807, 2.05) is 31.2 Å². The van der Waals surface area contributed by atoms with Gasteiger partial charge in [0.15, 0.2) is 0 Å². The lowest BCUT2D eigenvalue weighted by molar-refractivity contribution is -0.149. The van der Waals surface area contributed by atoms with Crippen molar-refractivity contribution in [3.63, 3.8) is 0 Å². The summed E-state index contributed by atoms with van der Waals surface area (Å²) in [4.78, 5) is 14.4. The number of hydrogen-bond donors (Lipinski definition) is 1. The van der Waals surface area contributed by atoms with Crippen molar-refractivity contribution in [2.75, 3.05) is 18.0 Å². The highest BCUT2D eigenvalue weighted by molar-refractivity contribution is 7.90. The smallest absolute Gasteiger partial charge is 0.309 e. The molecule has 0 aliphatic carbocycles. The summed E-state index contributed by atoms with van der Waals surface area (Å²) in [7, 11) is -4.19. The fraction of sp³-hybridized carbons (Fsp3) is 0.212.